The fraction of sp³-hybridized carbons (Fsp3) is 0.588. The highest BCUT2D eigenvalue weighted by Gasteiger charge is 2.27. The number of Topliss-reactive ketones (excluding diaryl/α,β-unsaturated/α-hetero) is 1. The molecule has 1 saturated heterocycles. The van der Waals surface area contributed by atoms with Crippen molar-refractivity contribution in [3.63, 3.8) is 0 Å². The zero-order valence-corrected chi connectivity index (χ0v) is 13.5. The molecular formula is C17H26NO4+. The number of hydrogen-bond donors (Lipinski definition) is 2. The van der Waals surface area contributed by atoms with Crippen molar-refractivity contribution in [1.29, 1.82) is 0 Å². The quantitative estimate of drug-likeness (QED) is 0.743. The Kier molecular flexibility index (Phi) is 5.94. The summed E-state index contributed by atoms with van der Waals surface area (Å²) in [5.41, 5.74) is 0.552. The first-order valence-corrected chi connectivity index (χ1v) is 7.85. The van der Waals surface area contributed by atoms with Gasteiger partial charge in [-0.25, -0.2) is 0 Å². The average molecular weight is 308 g/mol. The highest BCUT2D eigenvalue weighted by Crippen LogP contribution is 2.18. The molecule has 122 valence electrons. The van der Waals surface area contributed by atoms with Crippen LogP contribution in [-0.2, 0) is 4.74 Å². The van der Waals surface area contributed by atoms with Crippen LogP contribution in [0.4, 0.5) is 0 Å². The normalized spacial score (nSPS) is 26.5. The van der Waals surface area contributed by atoms with E-state index in [1.165, 1.54) is 11.8 Å². The molecule has 0 bridgehead atoms. The van der Waals surface area contributed by atoms with E-state index in [0.29, 0.717) is 17.9 Å². The van der Waals surface area contributed by atoms with Gasteiger partial charge in [-0.1, -0.05) is 12.1 Å². The molecule has 2 N–H and O–H groups in total. The van der Waals surface area contributed by atoms with E-state index in [4.69, 9.17) is 9.47 Å². The number of aliphatic hydroxyl groups excluding tert-OH is 1. The summed E-state index contributed by atoms with van der Waals surface area (Å²) in [6.07, 6.45) is -0.136. The highest BCUT2D eigenvalue weighted by atomic mass is 16.5. The first kappa shape index (κ1) is 16.9. The lowest BCUT2D eigenvalue weighted by Crippen LogP contribution is -3.16. The third kappa shape index (κ3) is 4.80. The van der Waals surface area contributed by atoms with Crippen molar-refractivity contribution >= 4 is 5.78 Å². The molecule has 0 aromatic heterocycles. The molecule has 0 spiro atoms. The van der Waals surface area contributed by atoms with E-state index in [0.717, 1.165) is 13.1 Å². The van der Waals surface area contributed by atoms with Gasteiger partial charge in [0.1, 0.15) is 50.3 Å². The van der Waals surface area contributed by atoms with Crippen molar-refractivity contribution in [2.45, 2.75) is 39.1 Å². The lowest BCUT2D eigenvalue weighted by Gasteiger charge is -2.33. The Morgan fingerprint density at radius 2 is 2.00 bits per heavy atom. The smallest absolute Gasteiger partial charge is 0.163 e. The van der Waals surface area contributed by atoms with Crippen LogP contribution in [0, 0.1) is 0 Å². The summed E-state index contributed by atoms with van der Waals surface area (Å²) in [4.78, 5) is 12.9. The lowest BCUT2D eigenvalue weighted by molar-refractivity contribution is -0.918. The number of ether oxygens (including phenoxy) is 2. The topological polar surface area (TPSA) is 60.2 Å². The van der Waals surface area contributed by atoms with Crippen molar-refractivity contribution < 1.29 is 24.3 Å². The van der Waals surface area contributed by atoms with Crippen molar-refractivity contribution in [3.05, 3.63) is 29.8 Å². The number of ketones is 1. The molecule has 1 aliphatic rings. The summed E-state index contributed by atoms with van der Waals surface area (Å²) in [5, 5.41) is 10.2. The molecule has 5 heteroatoms. The van der Waals surface area contributed by atoms with E-state index in [1.807, 2.05) is 6.07 Å². The molecule has 22 heavy (non-hydrogen) atoms. The van der Waals surface area contributed by atoms with Crippen LogP contribution in [0.25, 0.3) is 0 Å². The first-order chi connectivity index (χ1) is 10.5. The maximum Gasteiger partial charge on any atom is 0.163 e. The van der Waals surface area contributed by atoms with Gasteiger partial charge in [0.2, 0.25) is 0 Å². The summed E-state index contributed by atoms with van der Waals surface area (Å²) < 4.78 is 11.3. The number of quaternary nitrogens is 1. The van der Waals surface area contributed by atoms with Crippen molar-refractivity contribution in [1.82, 2.24) is 0 Å². The van der Waals surface area contributed by atoms with Gasteiger partial charge in [-0.15, -0.1) is 0 Å². The molecule has 0 unspecified atom stereocenters. The molecule has 0 saturated carbocycles. The number of carbonyl (C=O) groups is 1. The average Bonchev–Trinajstić information content (AvgIpc) is 2.44. The van der Waals surface area contributed by atoms with Crippen LogP contribution in [-0.4, -0.2) is 55.4 Å². The molecule has 1 fully saturated rings. The summed E-state index contributed by atoms with van der Waals surface area (Å²) in [7, 11) is 0. The molecule has 5 nitrogen and oxygen atoms in total. The van der Waals surface area contributed by atoms with Gasteiger partial charge in [-0.3, -0.25) is 4.79 Å². The van der Waals surface area contributed by atoms with E-state index < -0.39 is 6.10 Å². The first-order valence-electron chi connectivity index (χ1n) is 7.85. The van der Waals surface area contributed by atoms with E-state index >= 15 is 0 Å². The van der Waals surface area contributed by atoms with E-state index in [1.54, 1.807) is 18.2 Å². The van der Waals surface area contributed by atoms with Gasteiger partial charge in [0.15, 0.2) is 5.78 Å². The Bertz CT molecular complexity index is 495. The molecular weight excluding hydrogens is 282 g/mol. The van der Waals surface area contributed by atoms with Gasteiger partial charge < -0.3 is 19.5 Å². The zero-order chi connectivity index (χ0) is 16.1. The fourth-order valence-corrected chi connectivity index (χ4v) is 3.02. The molecule has 2 rings (SSSR count). The minimum absolute atomic E-state index is 0.0356. The van der Waals surface area contributed by atoms with E-state index in [-0.39, 0.29) is 24.6 Å². The monoisotopic (exact) mass is 308 g/mol. The second kappa shape index (κ2) is 7.72. The van der Waals surface area contributed by atoms with Crippen LogP contribution in [0.15, 0.2) is 24.3 Å². The van der Waals surface area contributed by atoms with Crippen LogP contribution in [0.2, 0.25) is 0 Å². The van der Waals surface area contributed by atoms with Crippen molar-refractivity contribution in [2.75, 3.05) is 26.2 Å². The number of benzene rings is 1. The molecule has 3 atom stereocenters. The maximum atomic E-state index is 11.5. The number of carbonyl (C=O) groups excluding carboxylic acids is 1. The Balaban J connectivity index is 1.85. The largest absolute Gasteiger partial charge is 0.490 e. The molecule has 1 aromatic carbocycles. The van der Waals surface area contributed by atoms with Crippen LogP contribution in [0.3, 0.4) is 0 Å². The number of hydrogen-bond acceptors (Lipinski definition) is 4. The second-order valence-corrected chi connectivity index (χ2v) is 6.14. The van der Waals surface area contributed by atoms with Crippen LogP contribution in [0.5, 0.6) is 5.75 Å². The Morgan fingerprint density at radius 3 is 2.64 bits per heavy atom. The lowest BCUT2D eigenvalue weighted by atomic mass is 10.1. The predicted molar refractivity (Wildman–Crippen MR) is 83.5 cm³/mol. The van der Waals surface area contributed by atoms with Gasteiger partial charge >= 0.3 is 0 Å². The third-order valence-electron chi connectivity index (χ3n) is 3.84. The summed E-state index contributed by atoms with van der Waals surface area (Å²) >= 11 is 0. The zero-order valence-electron chi connectivity index (χ0n) is 13.5. The van der Waals surface area contributed by atoms with Crippen molar-refractivity contribution in [2.24, 2.45) is 0 Å². The molecule has 0 aliphatic carbocycles. The molecule has 0 radical (unpaired) electrons. The standard InChI is InChI=1S/C17H25NO4/c1-12-8-18(9-13(2)22-12)10-15(20)11-21-17-7-5-4-6-16(17)14(3)19/h4-7,12-13,15,20H,8-11H2,1-3H3/p+1/t12-,13-,15-/m0/s1. The van der Waals surface area contributed by atoms with Crippen molar-refractivity contribution in [3.8, 4) is 5.75 Å². The van der Waals surface area contributed by atoms with Gasteiger partial charge in [-0.2, -0.15) is 0 Å². The number of morpholine rings is 1. The van der Waals surface area contributed by atoms with Crippen LogP contribution >= 0.6 is 0 Å². The maximum absolute atomic E-state index is 11.5. The van der Waals surface area contributed by atoms with E-state index in [2.05, 4.69) is 13.8 Å². The van der Waals surface area contributed by atoms with Gasteiger partial charge in [0.25, 0.3) is 0 Å². The number of nitrogens with one attached hydrogen (secondary N) is 1. The van der Waals surface area contributed by atoms with Crippen LogP contribution < -0.4 is 9.64 Å². The van der Waals surface area contributed by atoms with Gasteiger partial charge in [-0.05, 0) is 32.9 Å². The predicted octanol–water partition coefficient (Wildman–Crippen LogP) is 0.321. The Morgan fingerprint density at radius 1 is 1.36 bits per heavy atom. The minimum Gasteiger partial charge on any atom is -0.490 e. The molecule has 0 amide bonds. The Hall–Kier alpha value is -1.43. The number of rotatable bonds is 6. The minimum atomic E-state index is -0.562. The molecule has 1 heterocycles. The van der Waals surface area contributed by atoms with Gasteiger partial charge in [0, 0.05) is 0 Å². The number of aliphatic hydroxyl groups is 1. The molecule has 1 aliphatic heterocycles. The number of para-hydroxylation sites is 1. The van der Waals surface area contributed by atoms with Crippen LogP contribution in [0.1, 0.15) is 31.1 Å². The SMILES string of the molecule is CC(=O)c1ccccc1OC[C@@H](O)C[NH+]1C[C@H](C)O[C@@H](C)C1. The van der Waals surface area contributed by atoms with Gasteiger partial charge in [0.05, 0.1) is 5.56 Å². The highest BCUT2D eigenvalue weighted by molar-refractivity contribution is 5.96. The third-order valence-corrected chi connectivity index (χ3v) is 3.84. The summed E-state index contributed by atoms with van der Waals surface area (Å²) in [5.74, 6) is 0.499. The summed E-state index contributed by atoms with van der Waals surface area (Å²) in [6, 6.07) is 7.13. The second-order valence-electron chi connectivity index (χ2n) is 6.14. The fourth-order valence-electron chi connectivity index (χ4n) is 3.02. The summed E-state index contributed by atoms with van der Waals surface area (Å²) in [6.45, 7) is 8.23. The van der Waals surface area contributed by atoms with E-state index in [9.17, 15) is 9.90 Å². The Labute approximate surface area is 131 Å². The molecule has 1 aromatic rings.